The van der Waals surface area contributed by atoms with Gasteiger partial charge in [-0.15, -0.1) is 0 Å². The van der Waals surface area contributed by atoms with E-state index >= 15 is 0 Å². The maximum absolute atomic E-state index is 11.3. The summed E-state index contributed by atoms with van der Waals surface area (Å²) in [5.41, 5.74) is 2.99. The van der Waals surface area contributed by atoms with Gasteiger partial charge in [-0.1, -0.05) is 0 Å². The van der Waals surface area contributed by atoms with Gasteiger partial charge in [0.2, 0.25) is 0 Å². The molecule has 0 atom stereocenters. The summed E-state index contributed by atoms with van der Waals surface area (Å²) in [6, 6.07) is 8.42. The largest absolute Gasteiger partial charge is 0.508 e. The van der Waals surface area contributed by atoms with Crippen LogP contribution in [-0.2, 0) is 10.8 Å². The van der Waals surface area contributed by atoms with Gasteiger partial charge in [0.15, 0.2) is 0 Å². The Hall–Kier alpha value is -1.70. The van der Waals surface area contributed by atoms with Crippen LogP contribution in [0.3, 0.4) is 0 Å². The number of benzene rings is 2. The van der Waals surface area contributed by atoms with Crippen molar-refractivity contribution in [3.05, 3.63) is 35.4 Å². The lowest BCUT2D eigenvalue weighted by Gasteiger charge is -2.58. The van der Waals surface area contributed by atoms with Gasteiger partial charge in [-0.3, -0.25) is 0 Å². The lowest BCUT2D eigenvalue weighted by molar-refractivity contribution is -0.00613. The second-order valence-corrected chi connectivity index (χ2v) is 13.4. The summed E-state index contributed by atoms with van der Waals surface area (Å²) < 4.78 is 0. The number of phenolic OH excluding ortho intramolecular Hbond substituents is 2. The van der Waals surface area contributed by atoms with Crippen LogP contribution in [0.5, 0.6) is 11.5 Å². The van der Waals surface area contributed by atoms with Gasteiger partial charge in [0.05, 0.1) is 0 Å². The Labute approximate surface area is 191 Å². The van der Waals surface area contributed by atoms with E-state index in [2.05, 4.69) is 12.1 Å². The number of aromatic hydroxyl groups is 2. The lowest BCUT2D eigenvalue weighted by Crippen LogP contribution is -2.49. The molecule has 0 radical (unpaired) electrons. The molecule has 0 unspecified atom stereocenters. The predicted octanol–water partition coefficient (Wildman–Crippen LogP) is 7.19. The van der Waals surface area contributed by atoms with Crippen molar-refractivity contribution in [3.8, 4) is 11.5 Å². The molecule has 2 aromatic carbocycles. The first-order valence-corrected chi connectivity index (χ1v) is 13.5. The Bertz CT molecular complexity index is 1060. The van der Waals surface area contributed by atoms with Gasteiger partial charge in [0.25, 0.3) is 0 Å². The predicted molar refractivity (Wildman–Crippen MR) is 127 cm³/mol. The fourth-order valence-corrected chi connectivity index (χ4v) is 11.1. The summed E-state index contributed by atoms with van der Waals surface area (Å²) in [6.07, 6.45) is 16.2. The zero-order valence-electron chi connectivity index (χ0n) is 19.2. The van der Waals surface area contributed by atoms with Crippen molar-refractivity contribution in [1.29, 1.82) is 0 Å². The standard InChI is InChI=1S/C30H36O2/c31-26-2-1-24-25(28(26)30-14-20-6-21(15-30)8-22(7-20)16-30)9-23(10-27(24)32)29-11-17-3-18(12-29)5-19(4-17)13-29/h1-2,9-10,17-22,31-32H,3-8,11-16H2. The molecule has 10 rings (SSSR count). The summed E-state index contributed by atoms with van der Waals surface area (Å²) in [5.74, 6) is 6.14. The smallest absolute Gasteiger partial charge is 0.123 e. The topological polar surface area (TPSA) is 40.5 Å². The highest BCUT2D eigenvalue weighted by Crippen LogP contribution is 2.64. The number of hydrogen-bond donors (Lipinski definition) is 2. The monoisotopic (exact) mass is 428 g/mol. The van der Waals surface area contributed by atoms with Crippen LogP contribution in [-0.4, -0.2) is 10.2 Å². The number of rotatable bonds is 2. The van der Waals surface area contributed by atoms with E-state index in [1.807, 2.05) is 12.1 Å². The highest BCUT2D eigenvalue weighted by Gasteiger charge is 2.54. The van der Waals surface area contributed by atoms with Crippen LogP contribution in [0.1, 0.15) is 88.2 Å². The van der Waals surface area contributed by atoms with Crippen molar-refractivity contribution in [1.82, 2.24) is 0 Å². The van der Waals surface area contributed by atoms with E-state index in [0.29, 0.717) is 11.5 Å². The maximum atomic E-state index is 11.3. The maximum Gasteiger partial charge on any atom is 0.123 e. The van der Waals surface area contributed by atoms with Crippen LogP contribution in [0.4, 0.5) is 0 Å². The summed E-state index contributed by atoms with van der Waals surface area (Å²) in [4.78, 5) is 0. The van der Waals surface area contributed by atoms with Crippen LogP contribution >= 0.6 is 0 Å². The molecule has 0 aliphatic heterocycles. The molecular weight excluding hydrogens is 392 g/mol. The zero-order valence-corrected chi connectivity index (χ0v) is 19.2. The van der Waals surface area contributed by atoms with E-state index < -0.39 is 0 Å². The molecule has 8 saturated carbocycles. The van der Waals surface area contributed by atoms with Crippen molar-refractivity contribution >= 4 is 10.8 Å². The highest BCUT2D eigenvalue weighted by molar-refractivity contribution is 5.94. The minimum Gasteiger partial charge on any atom is -0.508 e. The number of fused-ring (bicyclic) bond motifs is 1. The molecule has 8 bridgehead atoms. The average molecular weight is 429 g/mol. The molecule has 2 nitrogen and oxygen atoms in total. The first kappa shape index (κ1) is 18.7. The van der Waals surface area contributed by atoms with Gasteiger partial charge in [-0.2, -0.15) is 0 Å². The Morgan fingerprint density at radius 2 is 1.00 bits per heavy atom. The minimum absolute atomic E-state index is 0.130. The van der Waals surface area contributed by atoms with Gasteiger partial charge in [-0.05, 0) is 153 Å². The summed E-state index contributed by atoms with van der Waals surface area (Å²) >= 11 is 0. The molecule has 168 valence electrons. The Balaban J connectivity index is 1.33. The van der Waals surface area contributed by atoms with E-state index in [0.717, 1.165) is 40.9 Å². The van der Waals surface area contributed by atoms with Gasteiger partial charge in [0.1, 0.15) is 11.5 Å². The summed E-state index contributed by atoms with van der Waals surface area (Å²) in [7, 11) is 0. The fourth-order valence-electron chi connectivity index (χ4n) is 11.1. The van der Waals surface area contributed by atoms with E-state index in [1.54, 1.807) is 0 Å². The van der Waals surface area contributed by atoms with E-state index in [4.69, 9.17) is 0 Å². The first-order valence-electron chi connectivity index (χ1n) is 13.5. The molecule has 2 N–H and O–H groups in total. The molecule has 8 aliphatic carbocycles. The molecule has 32 heavy (non-hydrogen) atoms. The third kappa shape index (κ3) is 2.42. The molecule has 0 aromatic heterocycles. The molecule has 2 heteroatoms. The van der Waals surface area contributed by atoms with Crippen LogP contribution < -0.4 is 0 Å². The lowest BCUT2D eigenvalue weighted by atomic mass is 9.47. The Morgan fingerprint density at radius 1 is 0.531 bits per heavy atom. The second kappa shape index (κ2) is 6.05. The molecule has 0 saturated heterocycles. The first-order chi connectivity index (χ1) is 15.5. The molecule has 0 spiro atoms. The third-order valence-corrected chi connectivity index (χ3v) is 11.3. The van der Waals surface area contributed by atoms with Crippen LogP contribution in [0.25, 0.3) is 10.8 Å². The molecule has 2 aromatic rings. The third-order valence-electron chi connectivity index (χ3n) is 11.3. The highest BCUT2D eigenvalue weighted by atomic mass is 16.3. The fraction of sp³-hybridized carbons (Fsp3) is 0.667. The quantitative estimate of drug-likeness (QED) is 0.531. The summed E-state index contributed by atoms with van der Waals surface area (Å²) in [5, 5.41) is 24.7. The summed E-state index contributed by atoms with van der Waals surface area (Å²) in [6.45, 7) is 0. The van der Waals surface area contributed by atoms with Gasteiger partial charge in [0, 0.05) is 16.4 Å². The zero-order chi connectivity index (χ0) is 21.2. The van der Waals surface area contributed by atoms with Crippen molar-refractivity contribution in [2.45, 2.75) is 87.9 Å². The molecule has 8 fully saturated rings. The number of phenols is 2. The molecule has 0 amide bonds. The van der Waals surface area contributed by atoms with Crippen molar-refractivity contribution in [2.24, 2.45) is 35.5 Å². The normalized spacial score (nSPS) is 45.8. The van der Waals surface area contributed by atoms with Crippen molar-refractivity contribution < 1.29 is 10.2 Å². The Kier molecular flexibility index (Phi) is 3.53. The van der Waals surface area contributed by atoms with Crippen LogP contribution in [0.2, 0.25) is 0 Å². The van der Waals surface area contributed by atoms with Crippen LogP contribution in [0.15, 0.2) is 24.3 Å². The van der Waals surface area contributed by atoms with Gasteiger partial charge < -0.3 is 10.2 Å². The van der Waals surface area contributed by atoms with Crippen LogP contribution in [0, 0.1) is 35.5 Å². The van der Waals surface area contributed by atoms with Gasteiger partial charge in [-0.25, -0.2) is 0 Å². The van der Waals surface area contributed by atoms with E-state index in [1.165, 1.54) is 93.6 Å². The average Bonchev–Trinajstić information content (AvgIpc) is 2.71. The van der Waals surface area contributed by atoms with E-state index in [-0.39, 0.29) is 10.8 Å². The minimum atomic E-state index is 0.130. The molecule has 0 heterocycles. The van der Waals surface area contributed by atoms with Crippen molar-refractivity contribution in [2.75, 3.05) is 0 Å². The number of hydrogen-bond acceptors (Lipinski definition) is 2. The molecular formula is C30H36O2. The van der Waals surface area contributed by atoms with Gasteiger partial charge >= 0.3 is 0 Å². The van der Waals surface area contributed by atoms with Crippen molar-refractivity contribution in [3.63, 3.8) is 0 Å². The Morgan fingerprint density at radius 3 is 1.50 bits per heavy atom. The van der Waals surface area contributed by atoms with E-state index in [9.17, 15) is 10.2 Å². The SMILES string of the molecule is Oc1ccc2c(O)cc(C34CC5CC(CC(C5)C3)C4)cc2c1C12CC3CC(CC(C3)C1)C2. The molecule has 8 aliphatic rings. The second-order valence-electron chi connectivity index (χ2n) is 13.4.